The summed E-state index contributed by atoms with van der Waals surface area (Å²) in [5.41, 5.74) is 0. The first-order chi connectivity index (χ1) is 9.12. The van der Waals surface area contributed by atoms with E-state index in [0.29, 0.717) is 6.42 Å². The van der Waals surface area contributed by atoms with Gasteiger partial charge in [0, 0.05) is 0 Å². The molecule has 0 atom stereocenters. The number of unbranched alkanes of at least 4 members (excludes halogenated alkanes) is 5. The molecule has 0 aromatic heterocycles. The molecule has 2 N–H and O–H groups in total. The normalized spacial score (nSPS) is 11.9. The van der Waals surface area contributed by atoms with Crippen LogP contribution in [0.4, 0.5) is 0 Å². The zero-order valence-corrected chi connectivity index (χ0v) is 14.2. The lowest BCUT2D eigenvalue weighted by atomic mass is 10.1. The van der Waals surface area contributed by atoms with Gasteiger partial charge in [-0.05, 0) is 6.42 Å². The van der Waals surface area contributed by atoms with E-state index in [1.54, 1.807) is 0 Å². The SMILES string of the molecule is CCCCCCCCOS(=O)(=O)O.C[N+](C)(C)CCO. The Kier molecular flexibility index (Phi) is 13.8. The quantitative estimate of drug-likeness (QED) is 0.365. The molecule has 7 heteroatoms. The van der Waals surface area contributed by atoms with E-state index >= 15 is 0 Å². The largest absolute Gasteiger partial charge is 0.397 e. The first kappa shape index (κ1) is 22.1. The predicted molar refractivity (Wildman–Crippen MR) is 80.9 cm³/mol. The topological polar surface area (TPSA) is 83.8 Å². The van der Waals surface area contributed by atoms with Gasteiger partial charge in [0.2, 0.25) is 0 Å². The molecule has 0 aromatic rings. The maximum absolute atomic E-state index is 10.1. The molecule has 0 radical (unpaired) electrons. The fourth-order valence-electron chi connectivity index (χ4n) is 1.35. The van der Waals surface area contributed by atoms with Crippen molar-refractivity contribution in [2.24, 2.45) is 0 Å². The summed E-state index contributed by atoms with van der Waals surface area (Å²) in [5, 5.41) is 8.39. The minimum atomic E-state index is -4.22. The number of likely N-dealkylation sites (N-methyl/N-ethyl adjacent to an activating group) is 1. The van der Waals surface area contributed by atoms with Gasteiger partial charge in [0.25, 0.3) is 0 Å². The molecule has 0 spiro atoms. The number of rotatable bonds is 10. The summed E-state index contributed by atoms with van der Waals surface area (Å²) in [6, 6.07) is 0. The second-order valence-corrected chi connectivity index (χ2v) is 6.85. The zero-order valence-electron chi connectivity index (χ0n) is 13.3. The Morgan fingerprint density at radius 1 is 1.00 bits per heavy atom. The standard InChI is InChI=1S/C8H18O4S.C5H14NO/c1-2-3-4-5-6-7-8-12-13(9,10)11;1-6(2,3)4-5-7/h2-8H2,1H3,(H,9,10,11);7H,4-5H2,1-3H3/q;+1. The summed E-state index contributed by atoms with van der Waals surface area (Å²) in [6.07, 6.45) is 6.34. The van der Waals surface area contributed by atoms with Gasteiger partial charge >= 0.3 is 10.4 Å². The summed E-state index contributed by atoms with van der Waals surface area (Å²) in [4.78, 5) is 0. The summed E-state index contributed by atoms with van der Waals surface area (Å²) in [7, 11) is 1.93. The van der Waals surface area contributed by atoms with Crippen molar-refractivity contribution in [3.05, 3.63) is 0 Å². The fraction of sp³-hybridized carbons (Fsp3) is 1.00. The number of nitrogens with zero attached hydrogens (tertiary/aromatic N) is 1. The maximum Gasteiger partial charge on any atom is 0.397 e. The maximum atomic E-state index is 10.1. The van der Waals surface area contributed by atoms with Gasteiger partial charge in [0.1, 0.15) is 6.54 Å². The van der Waals surface area contributed by atoms with Crippen LogP contribution >= 0.6 is 0 Å². The molecule has 6 nitrogen and oxygen atoms in total. The highest BCUT2D eigenvalue weighted by molar-refractivity contribution is 7.80. The Hall–Kier alpha value is -0.210. The van der Waals surface area contributed by atoms with E-state index in [9.17, 15) is 8.42 Å². The van der Waals surface area contributed by atoms with Crippen LogP contribution in [0.15, 0.2) is 0 Å². The summed E-state index contributed by atoms with van der Waals surface area (Å²) in [5.74, 6) is 0. The van der Waals surface area contributed by atoms with Crippen molar-refractivity contribution in [1.29, 1.82) is 0 Å². The van der Waals surface area contributed by atoms with Crippen LogP contribution in [0.1, 0.15) is 45.4 Å². The average molecular weight is 314 g/mol. The average Bonchev–Trinajstić information content (AvgIpc) is 2.25. The van der Waals surface area contributed by atoms with Crippen LogP contribution in [0.3, 0.4) is 0 Å². The van der Waals surface area contributed by atoms with Gasteiger partial charge in [-0.15, -0.1) is 0 Å². The van der Waals surface area contributed by atoms with Gasteiger partial charge in [-0.3, -0.25) is 4.55 Å². The van der Waals surface area contributed by atoms with Gasteiger partial charge < -0.3 is 9.59 Å². The summed E-state index contributed by atoms with van der Waals surface area (Å²) in [6.45, 7) is 3.34. The van der Waals surface area contributed by atoms with E-state index < -0.39 is 10.4 Å². The predicted octanol–water partition coefficient (Wildman–Crippen LogP) is 1.85. The zero-order chi connectivity index (χ0) is 16.1. The monoisotopic (exact) mass is 314 g/mol. The van der Waals surface area contributed by atoms with Crippen molar-refractivity contribution in [2.75, 3.05) is 40.9 Å². The second kappa shape index (κ2) is 12.5. The third-order valence-corrected chi connectivity index (χ3v) is 2.97. The fourth-order valence-corrected chi connectivity index (χ4v) is 1.68. The number of hydrogen-bond acceptors (Lipinski definition) is 4. The molecule has 124 valence electrons. The lowest BCUT2D eigenvalue weighted by Crippen LogP contribution is -2.36. The lowest BCUT2D eigenvalue weighted by molar-refractivity contribution is -0.870. The van der Waals surface area contributed by atoms with Crippen LogP contribution in [0.2, 0.25) is 0 Å². The molecule has 0 saturated carbocycles. The van der Waals surface area contributed by atoms with Gasteiger partial charge in [-0.2, -0.15) is 8.42 Å². The highest BCUT2D eigenvalue weighted by Crippen LogP contribution is 2.05. The molecule has 20 heavy (non-hydrogen) atoms. The van der Waals surface area contributed by atoms with Crippen LogP contribution in [0.25, 0.3) is 0 Å². The smallest absolute Gasteiger partial charge is 0.391 e. The van der Waals surface area contributed by atoms with Crippen LogP contribution < -0.4 is 0 Å². The van der Waals surface area contributed by atoms with E-state index in [2.05, 4.69) is 32.2 Å². The van der Waals surface area contributed by atoms with Crippen LogP contribution in [0, 0.1) is 0 Å². The second-order valence-electron chi connectivity index (χ2n) is 5.76. The van der Waals surface area contributed by atoms with E-state index in [0.717, 1.165) is 23.9 Å². The highest BCUT2D eigenvalue weighted by atomic mass is 32.3. The van der Waals surface area contributed by atoms with Crippen LogP contribution in [-0.4, -0.2) is 63.5 Å². The Labute approximate surface area is 124 Å². The van der Waals surface area contributed by atoms with E-state index in [-0.39, 0.29) is 13.2 Å². The number of aliphatic hydroxyl groups is 1. The van der Waals surface area contributed by atoms with Crippen molar-refractivity contribution >= 4 is 10.4 Å². The summed E-state index contributed by atoms with van der Waals surface area (Å²) < 4.78 is 33.4. The third-order valence-electron chi connectivity index (χ3n) is 2.50. The first-order valence-electron chi connectivity index (χ1n) is 7.15. The molecule has 0 heterocycles. The molecule has 0 saturated heterocycles. The molecule has 0 fully saturated rings. The Morgan fingerprint density at radius 3 is 1.85 bits per heavy atom. The number of hydrogen-bond donors (Lipinski definition) is 2. The minimum Gasteiger partial charge on any atom is -0.391 e. The molecule has 0 rings (SSSR count). The Bertz CT molecular complexity index is 298. The van der Waals surface area contributed by atoms with Gasteiger partial charge in [0.15, 0.2) is 0 Å². The molecule has 0 aliphatic heterocycles. The van der Waals surface area contributed by atoms with Gasteiger partial charge in [-0.25, -0.2) is 4.18 Å². The summed E-state index contributed by atoms with van der Waals surface area (Å²) >= 11 is 0. The Morgan fingerprint density at radius 2 is 1.50 bits per heavy atom. The number of aliphatic hydroxyl groups excluding tert-OH is 1. The van der Waals surface area contributed by atoms with E-state index in [4.69, 9.17) is 9.66 Å². The molecule has 0 bridgehead atoms. The van der Waals surface area contributed by atoms with E-state index in [1.807, 2.05) is 0 Å². The first-order valence-corrected chi connectivity index (χ1v) is 8.52. The van der Waals surface area contributed by atoms with Crippen molar-refractivity contribution in [1.82, 2.24) is 0 Å². The van der Waals surface area contributed by atoms with Gasteiger partial charge in [-0.1, -0.05) is 39.0 Å². The van der Waals surface area contributed by atoms with Crippen LogP contribution in [0.5, 0.6) is 0 Å². The lowest BCUT2D eigenvalue weighted by Gasteiger charge is -2.21. The molecular formula is C13H32NO5S+. The van der Waals surface area contributed by atoms with Crippen molar-refractivity contribution < 1.29 is 26.7 Å². The van der Waals surface area contributed by atoms with Crippen molar-refractivity contribution in [2.45, 2.75) is 45.4 Å². The highest BCUT2D eigenvalue weighted by Gasteiger charge is 2.02. The van der Waals surface area contributed by atoms with Gasteiger partial charge in [0.05, 0.1) is 34.4 Å². The molecule has 0 aliphatic rings. The molecule has 0 unspecified atom stereocenters. The third kappa shape index (κ3) is 26.4. The van der Waals surface area contributed by atoms with Crippen molar-refractivity contribution in [3.63, 3.8) is 0 Å². The molecule has 0 aromatic carbocycles. The minimum absolute atomic E-state index is 0.0883. The molecule has 0 amide bonds. The van der Waals surface area contributed by atoms with E-state index in [1.165, 1.54) is 19.3 Å². The molecular weight excluding hydrogens is 282 g/mol. The van der Waals surface area contributed by atoms with Crippen molar-refractivity contribution in [3.8, 4) is 0 Å². The number of quaternary nitrogens is 1. The molecule has 0 aliphatic carbocycles. The van der Waals surface area contributed by atoms with Crippen LogP contribution in [-0.2, 0) is 14.6 Å². The Balaban J connectivity index is 0.